The molecule has 1 aromatic carbocycles. The van der Waals surface area contributed by atoms with E-state index in [1.165, 1.54) is 38.5 Å². The Labute approximate surface area is 184 Å². The van der Waals surface area contributed by atoms with Gasteiger partial charge in [-0.1, -0.05) is 17.7 Å². The molecule has 5 nitrogen and oxygen atoms in total. The number of anilines is 2. The third-order valence-corrected chi connectivity index (χ3v) is 8.31. The lowest BCUT2D eigenvalue weighted by Gasteiger charge is -2.56. The third-order valence-electron chi connectivity index (χ3n) is 8.00. The summed E-state index contributed by atoms with van der Waals surface area (Å²) in [5, 5.41) is 3.86. The van der Waals surface area contributed by atoms with Crippen molar-refractivity contribution in [1.82, 2.24) is 4.90 Å². The van der Waals surface area contributed by atoms with Crippen molar-refractivity contribution < 1.29 is 9.59 Å². The predicted molar refractivity (Wildman–Crippen MR) is 120 cm³/mol. The van der Waals surface area contributed by atoms with Crippen LogP contribution in [0, 0.1) is 23.2 Å². The quantitative estimate of drug-likeness (QED) is 0.763. The first-order valence-corrected chi connectivity index (χ1v) is 11.9. The van der Waals surface area contributed by atoms with E-state index in [1.807, 2.05) is 23.1 Å². The summed E-state index contributed by atoms with van der Waals surface area (Å²) in [5.74, 6) is 2.79. The number of benzene rings is 1. The average molecular weight is 430 g/mol. The summed E-state index contributed by atoms with van der Waals surface area (Å²) in [5.41, 5.74) is 1.92. The van der Waals surface area contributed by atoms with Crippen LogP contribution in [0.2, 0.25) is 5.02 Å². The maximum absolute atomic E-state index is 13.2. The molecule has 0 unspecified atom stereocenters. The van der Waals surface area contributed by atoms with Gasteiger partial charge in [0.25, 0.3) is 0 Å². The van der Waals surface area contributed by atoms with Crippen molar-refractivity contribution in [2.75, 3.05) is 36.4 Å². The van der Waals surface area contributed by atoms with Gasteiger partial charge < -0.3 is 15.1 Å². The first-order valence-electron chi connectivity index (χ1n) is 11.5. The van der Waals surface area contributed by atoms with E-state index in [4.69, 9.17) is 11.6 Å². The van der Waals surface area contributed by atoms with Crippen molar-refractivity contribution in [2.45, 2.75) is 51.9 Å². The van der Waals surface area contributed by atoms with Crippen molar-refractivity contribution in [2.24, 2.45) is 23.2 Å². The number of amides is 2. The normalized spacial score (nSPS) is 32.4. The number of carbonyl (C=O) groups excluding carboxylic acids is 2. The van der Waals surface area contributed by atoms with Gasteiger partial charge in [-0.3, -0.25) is 9.59 Å². The van der Waals surface area contributed by atoms with Crippen LogP contribution >= 0.6 is 11.6 Å². The molecule has 4 saturated carbocycles. The molecule has 4 aliphatic carbocycles. The van der Waals surface area contributed by atoms with E-state index in [2.05, 4.69) is 10.2 Å². The molecule has 0 atom stereocenters. The van der Waals surface area contributed by atoms with E-state index in [0.29, 0.717) is 24.5 Å². The summed E-state index contributed by atoms with van der Waals surface area (Å²) in [4.78, 5) is 28.9. The number of halogens is 1. The summed E-state index contributed by atoms with van der Waals surface area (Å²) in [6, 6.07) is 5.73. The molecular formula is C24H32ClN3O2. The van der Waals surface area contributed by atoms with Crippen molar-refractivity contribution in [3.8, 4) is 0 Å². The first kappa shape index (κ1) is 20.2. The lowest BCUT2D eigenvalue weighted by Crippen LogP contribution is -2.48. The molecule has 1 saturated heterocycles. The second kappa shape index (κ2) is 7.74. The average Bonchev–Trinajstić information content (AvgIpc) is 2.66. The zero-order valence-corrected chi connectivity index (χ0v) is 18.6. The lowest BCUT2D eigenvalue weighted by atomic mass is 9.49. The molecular weight excluding hydrogens is 398 g/mol. The maximum Gasteiger partial charge on any atom is 0.224 e. The van der Waals surface area contributed by atoms with Crippen molar-refractivity contribution in [1.29, 1.82) is 0 Å². The summed E-state index contributed by atoms with van der Waals surface area (Å²) in [6.45, 7) is 4.42. The van der Waals surface area contributed by atoms with Gasteiger partial charge in [-0.05, 0) is 73.8 Å². The van der Waals surface area contributed by atoms with Crippen molar-refractivity contribution in [3.63, 3.8) is 0 Å². The number of hydrogen-bond donors (Lipinski definition) is 1. The Kier molecular flexibility index (Phi) is 5.20. The van der Waals surface area contributed by atoms with Crippen LogP contribution in [-0.4, -0.2) is 42.9 Å². The molecule has 5 fully saturated rings. The van der Waals surface area contributed by atoms with Gasteiger partial charge in [-0.2, -0.15) is 0 Å². The van der Waals surface area contributed by atoms with Crippen LogP contribution in [-0.2, 0) is 9.59 Å². The van der Waals surface area contributed by atoms with Gasteiger partial charge in [0.05, 0.1) is 16.4 Å². The van der Waals surface area contributed by atoms with Crippen LogP contribution < -0.4 is 10.2 Å². The van der Waals surface area contributed by atoms with Crippen LogP contribution in [0.1, 0.15) is 51.9 Å². The van der Waals surface area contributed by atoms with Gasteiger partial charge in [-0.25, -0.2) is 0 Å². The smallest absolute Gasteiger partial charge is 0.224 e. The third kappa shape index (κ3) is 3.81. The van der Waals surface area contributed by atoms with Crippen molar-refractivity contribution in [3.05, 3.63) is 23.2 Å². The fourth-order valence-corrected chi connectivity index (χ4v) is 7.52. The molecule has 2 amide bonds. The number of hydrogen-bond acceptors (Lipinski definition) is 3. The predicted octanol–water partition coefficient (Wildman–Crippen LogP) is 4.55. The van der Waals surface area contributed by atoms with Crippen LogP contribution in [0.4, 0.5) is 11.4 Å². The Morgan fingerprint density at radius 3 is 2.20 bits per heavy atom. The molecule has 30 heavy (non-hydrogen) atoms. The maximum atomic E-state index is 13.2. The fraction of sp³-hybridized carbons (Fsp3) is 0.667. The molecule has 6 heteroatoms. The van der Waals surface area contributed by atoms with Gasteiger partial charge in [0, 0.05) is 39.5 Å². The number of rotatable bonds is 4. The number of piperazine rings is 1. The van der Waals surface area contributed by atoms with Crippen LogP contribution in [0.15, 0.2) is 18.2 Å². The monoisotopic (exact) mass is 429 g/mol. The minimum absolute atomic E-state index is 0.109. The van der Waals surface area contributed by atoms with Gasteiger partial charge in [0.2, 0.25) is 11.8 Å². The highest BCUT2D eigenvalue weighted by Gasteiger charge is 2.51. The molecule has 1 aliphatic heterocycles. The molecule has 0 spiro atoms. The molecule has 0 radical (unpaired) electrons. The van der Waals surface area contributed by atoms with E-state index < -0.39 is 0 Å². The Balaban J connectivity index is 1.29. The van der Waals surface area contributed by atoms with Gasteiger partial charge in [0.15, 0.2) is 0 Å². The number of carbonyl (C=O) groups is 2. The second-order valence-corrected chi connectivity index (χ2v) is 10.7. The van der Waals surface area contributed by atoms with Gasteiger partial charge >= 0.3 is 0 Å². The van der Waals surface area contributed by atoms with E-state index in [0.717, 1.165) is 42.2 Å². The number of para-hydroxylation sites is 1. The molecule has 6 rings (SSSR count). The van der Waals surface area contributed by atoms with Crippen LogP contribution in [0.5, 0.6) is 0 Å². The highest BCUT2D eigenvalue weighted by atomic mass is 35.5. The van der Waals surface area contributed by atoms with Crippen LogP contribution in [0.25, 0.3) is 0 Å². The standard InChI is InChI=1S/C24H32ClN3O2/c1-16(29)27-5-7-28(8-6-27)23-20(25)3-2-4-21(23)26-22(30)15-24-12-17-9-18(13-24)11-19(10-17)14-24/h2-4,17-19H,5-15H2,1H3,(H,26,30). The van der Waals surface area contributed by atoms with E-state index in [1.54, 1.807) is 6.92 Å². The van der Waals surface area contributed by atoms with Gasteiger partial charge in [0.1, 0.15) is 0 Å². The summed E-state index contributed by atoms with van der Waals surface area (Å²) in [7, 11) is 0. The largest absolute Gasteiger partial charge is 0.365 e. The summed E-state index contributed by atoms with van der Waals surface area (Å²) < 4.78 is 0. The zero-order valence-electron chi connectivity index (χ0n) is 17.8. The lowest BCUT2D eigenvalue weighted by molar-refractivity contribution is -0.129. The van der Waals surface area contributed by atoms with E-state index in [9.17, 15) is 9.59 Å². The molecule has 162 valence electrons. The topological polar surface area (TPSA) is 52.7 Å². The fourth-order valence-electron chi connectivity index (χ4n) is 7.22. The molecule has 0 aromatic heterocycles. The van der Waals surface area contributed by atoms with Crippen molar-refractivity contribution >= 4 is 34.8 Å². The first-order chi connectivity index (χ1) is 14.4. The zero-order chi connectivity index (χ0) is 20.9. The summed E-state index contributed by atoms with van der Waals surface area (Å²) >= 11 is 6.57. The molecule has 1 N–H and O–H groups in total. The number of nitrogens with one attached hydrogen (secondary N) is 1. The van der Waals surface area contributed by atoms with Gasteiger partial charge in [-0.15, -0.1) is 0 Å². The Morgan fingerprint density at radius 2 is 1.63 bits per heavy atom. The molecule has 4 bridgehead atoms. The van der Waals surface area contributed by atoms with E-state index >= 15 is 0 Å². The second-order valence-electron chi connectivity index (χ2n) is 10.3. The Morgan fingerprint density at radius 1 is 1.03 bits per heavy atom. The highest BCUT2D eigenvalue weighted by molar-refractivity contribution is 6.34. The minimum atomic E-state index is 0.109. The summed E-state index contributed by atoms with van der Waals surface area (Å²) in [6.07, 6.45) is 8.54. The Bertz CT molecular complexity index is 812. The SMILES string of the molecule is CC(=O)N1CCN(c2c(Cl)cccc2NC(=O)CC23CC4CC(CC(C4)C2)C3)CC1. The van der Waals surface area contributed by atoms with Crippen LogP contribution in [0.3, 0.4) is 0 Å². The minimum Gasteiger partial charge on any atom is -0.365 e. The Hall–Kier alpha value is -1.75. The van der Waals surface area contributed by atoms with E-state index in [-0.39, 0.29) is 17.2 Å². The molecule has 1 aromatic rings. The number of nitrogens with zero attached hydrogens (tertiary/aromatic N) is 2. The highest BCUT2D eigenvalue weighted by Crippen LogP contribution is 2.61. The molecule has 5 aliphatic rings. The molecule has 1 heterocycles.